The van der Waals surface area contributed by atoms with Gasteiger partial charge in [-0.05, 0) is 68.0 Å². The highest BCUT2D eigenvalue weighted by Gasteiger charge is 2.22. The first-order valence-electron chi connectivity index (χ1n) is 17.5. The molecule has 5 aromatic rings. The first kappa shape index (κ1) is 36.9. The lowest BCUT2D eigenvalue weighted by Gasteiger charge is -2.22. The SMILES string of the molecule is Cc1cccc(C)c1-c1cc(OC[C@@H](COC2CCCC2)NCc2cnc3cc(C(C)C)n(C)c3n2)nc(NS(=O)(=O)c2cccc(C(=O)O)c2)n1. The molecule has 0 radical (unpaired) electrons. The van der Waals surface area contributed by atoms with Crippen molar-refractivity contribution in [2.75, 3.05) is 17.9 Å². The number of sulfonamides is 1. The summed E-state index contributed by atoms with van der Waals surface area (Å²) >= 11 is 0. The number of aryl methyl sites for hydroxylation is 3. The number of benzene rings is 2. The highest BCUT2D eigenvalue weighted by Crippen LogP contribution is 2.30. The van der Waals surface area contributed by atoms with Crippen molar-refractivity contribution in [3.8, 4) is 17.1 Å². The van der Waals surface area contributed by atoms with Crippen LogP contribution in [0.4, 0.5) is 5.95 Å². The number of fused-ring (bicyclic) bond motifs is 1. The minimum Gasteiger partial charge on any atom is -0.478 e. The van der Waals surface area contributed by atoms with Gasteiger partial charge >= 0.3 is 5.97 Å². The minimum absolute atomic E-state index is 0.153. The van der Waals surface area contributed by atoms with Gasteiger partial charge in [0.2, 0.25) is 11.8 Å². The summed E-state index contributed by atoms with van der Waals surface area (Å²) in [6.45, 7) is 9.15. The van der Waals surface area contributed by atoms with Gasteiger partial charge in [-0.2, -0.15) is 4.98 Å². The number of aromatic carboxylic acids is 1. The van der Waals surface area contributed by atoms with Crippen molar-refractivity contribution in [2.24, 2.45) is 7.05 Å². The number of ether oxygens (including phenoxy) is 2. The molecule has 6 rings (SSSR count). The first-order chi connectivity index (χ1) is 24.9. The van der Waals surface area contributed by atoms with Crippen LogP contribution in [-0.2, 0) is 28.4 Å². The van der Waals surface area contributed by atoms with E-state index in [0.29, 0.717) is 24.8 Å². The van der Waals surface area contributed by atoms with Gasteiger partial charge in [0, 0.05) is 30.9 Å². The van der Waals surface area contributed by atoms with Crippen molar-refractivity contribution in [1.82, 2.24) is 29.8 Å². The van der Waals surface area contributed by atoms with Crippen molar-refractivity contribution in [2.45, 2.75) is 82.9 Å². The van der Waals surface area contributed by atoms with E-state index < -0.39 is 16.0 Å². The molecule has 0 saturated heterocycles. The zero-order valence-electron chi connectivity index (χ0n) is 30.1. The fourth-order valence-electron chi connectivity index (χ4n) is 6.55. The Bertz CT molecular complexity index is 2160. The predicted molar refractivity (Wildman–Crippen MR) is 198 cm³/mol. The Morgan fingerprint density at radius 2 is 1.73 bits per heavy atom. The molecule has 13 nitrogen and oxygen atoms in total. The van der Waals surface area contributed by atoms with Crippen molar-refractivity contribution in [1.29, 1.82) is 0 Å². The van der Waals surface area contributed by atoms with Crippen LogP contribution < -0.4 is 14.8 Å². The van der Waals surface area contributed by atoms with E-state index >= 15 is 0 Å². The molecule has 1 aliphatic rings. The number of carboxylic acid groups (broad SMARTS) is 1. The Hall–Kier alpha value is -4.92. The monoisotopic (exact) mass is 727 g/mol. The maximum Gasteiger partial charge on any atom is 0.335 e. The van der Waals surface area contributed by atoms with Gasteiger partial charge in [-0.15, -0.1) is 0 Å². The maximum absolute atomic E-state index is 13.4. The van der Waals surface area contributed by atoms with Crippen LogP contribution in [0.1, 0.15) is 78.3 Å². The molecule has 1 fully saturated rings. The van der Waals surface area contributed by atoms with E-state index in [1.807, 2.05) is 39.1 Å². The molecule has 0 aliphatic heterocycles. The van der Waals surface area contributed by atoms with Gasteiger partial charge in [0.05, 0.1) is 46.8 Å². The predicted octanol–water partition coefficient (Wildman–Crippen LogP) is 6.16. The summed E-state index contributed by atoms with van der Waals surface area (Å²) in [6, 6.07) is 14.4. The fourth-order valence-corrected chi connectivity index (χ4v) is 7.53. The topological polar surface area (TPSA) is 170 Å². The molecule has 3 N–H and O–H groups in total. The molecule has 274 valence electrons. The Balaban J connectivity index is 1.26. The Morgan fingerprint density at radius 3 is 2.44 bits per heavy atom. The molecular weight excluding hydrogens is 683 g/mol. The first-order valence-corrected chi connectivity index (χ1v) is 19.0. The number of anilines is 1. The largest absolute Gasteiger partial charge is 0.478 e. The number of rotatable bonds is 15. The van der Waals surface area contributed by atoms with E-state index in [1.165, 1.54) is 18.2 Å². The molecule has 1 saturated carbocycles. The second-order valence-corrected chi connectivity index (χ2v) is 15.3. The third kappa shape index (κ3) is 8.57. The van der Waals surface area contributed by atoms with E-state index in [0.717, 1.165) is 71.0 Å². The summed E-state index contributed by atoms with van der Waals surface area (Å²) in [5, 5.41) is 12.9. The molecule has 14 heteroatoms. The normalized spacial score (nSPS) is 14.3. The summed E-state index contributed by atoms with van der Waals surface area (Å²) in [4.78, 5) is 29.9. The lowest BCUT2D eigenvalue weighted by Crippen LogP contribution is -2.39. The van der Waals surface area contributed by atoms with E-state index in [4.69, 9.17) is 14.5 Å². The van der Waals surface area contributed by atoms with Gasteiger partial charge in [0.25, 0.3) is 10.0 Å². The van der Waals surface area contributed by atoms with E-state index in [9.17, 15) is 18.3 Å². The lowest BCUT2D eigenvalue weighted by molar-refractivity contribution is 0.0327. The van der Waals surface area contributed by atoms with Crippen LogP contribution in [0.15, 0.2) is 65.7 Å². The molecule has 0 bridgehead atoms. The fraction of sp³-hybridized carbons (Fsp3) is 0.395. The summed E-state index contributed by atoms with van der Waals surface area (Å²) < 4.78 is 44.0. The maximum atomic E-state index is 13.4. The van der Waals surface area contributed by atoms with Crippen LogP contribution in [0.3, 0.4) is 0 Å². The zero-order valence-corrected chi connectivity index (χ0v) is 30.9. The Morgan fingerprint density at radius 1 is 1.00 bits per heavy atom. The average molecular weight is 728 g/mol. The lowest BCUT2D eigenvalue weighted by atomic mass is 10.00. The smallest absolute Gasteiger partial charge is 0.335 e. The van der Waals surface area contributed by atoms with E-state index in [-0.39, 0.29) is 41.0 Å². The van der Waals surface area contributed by atoms with Crippen molar-refractivity contribution in [3.05, 3.63) is 88.9 Å². The number of hydrogen-bond acceptors (Lipinski definition) is 10. The van der Waals surface area contributed by atoms with E-state index in [1.54, 1.807) is 12.3 Å². The van der Waals surface area contributed by atoms with E-state index in [2.05, 4.69) is 49.5 Å². The highest BCUT2D eigenvalue weighted by atomic mass is 32.2. The van der Waals surface area contributed by atoms with Gasteiger partial charge in [-0.25, -0.2) is 27.9 Å². The van der Waals surface area contributed by atoms with Crippen LogP contribution in [-0.4, -0.2) is 69.4 Å². The number of hydrogen-bond donors (Lipinski definition) is 3. The highest BCUT2D eigenvalue weighted by molar-refractivity contribution is 7.92. The van der Waals surface area contributed by atoms with Crippen LogP contribution in [0.25, 0.3) is 22.4 Å². The second kappa shape index (κ2) is 15.8. The zero-order chi connectivity index (χ0) is 37.0. The molecule has 1 atom stereocenters. The van der Waals surface area contributed by atoms with Crippen LogP contribution in [0.5, 0.6) is 5.88 Å². The quantitative estimate of drug-likeness (QED) is 0.113. The van der Waals surface area contributed by atoms with Gasteiger partial charge in [0.15, 0.2) is 5.65 Å². The molecule has 3 aromatic heterocycles. The third-order valence-corrected chi connectivity index (χ3v) is 10.6. The number of carboxylic acids is 1. The molecule has 1 aliphatic carbocycles. The van der Waals surface area contributed by atoms with Crippen LogP contribution in [0.2, 0.25) is 0 Å². The standard InChI is InChI=1S/C38H45N7O6S/c1-23(2)33-17-32-36(45(33)5)41-27(20-40-32)19-39-28(21-50-29-13-6-7-14-29)22-51-34-18-31(35-24(3)10-8-11-25(35)4)42-38(43-34)44-52(48,49)30-15-9-12-26(16-30)37(46)47/h8-12,15-18,20,23,28-29,39H,6-7,13-14,19,21-22H2,1-5H3,(H,46,47)(H,42,43,44)/t28-/m1/s1. The number of carbonyl (C=O) groups is 1. The molecule has 52 heavy (non-hydrogen) atoms. The summed E-state index contributed by atoms with van der Waals surface area (Å²) in [7, 11) is -2.25. The second-order valence-electron chi connectivity index (χ2n) is 13.6. The summed E-state index contributed by atoms with van der Waals surface area (Å²) in [6.07, 6.45) is 6.29. The molecule has 0 unspecified atom stereocenters. The minimum atomic E-state index is -4.26. The Kier molecular flexibility index (Phi) is 11.2. The third-order valence-electron chi connectivity index (χ3n) is 9.31. The molecule has 0 amide bonds. The van der Waals surface area contributed by atoms with Gasteiger partial charge in [-0.1, -0.05) is 51.0 Å². The Labute approximate surface area is 303 Å². The molecule has 2 aromatic carbocycles. The summed E-state index contributed by atoms with van der Waals surface area (Å²) in [5.41, 5.74) is 6.61. The van der Waals surface area contributed by atoms with Crippen LogP contribution in [0, 0.1) is 13.8 Å². The average Bonchev–Trinajstić information content (AvgIpc) is 3.75. The van der Waals surface area contributed by atoms with Gasteiger partial charge < -0.3 is 24.5 Å². The number of nitrogens with zero attached hydrogens (tertiary/aromatic N) is 5. The molecule has 0 spiro atoms. The van der Waals surface area contributed by atoms with Crippen molar-refractivity contribution in [3.63, 3.8) is 0 Å². The van der Waals surface area contributed by atoms with Crippen molar-refractivity contribution >= 4 is 33.1 Å². The number of aromatic nitrogens is 5. The van der Waals surface area contributed by atoms with Gasteiger partial charge in [-0.3, -0.25) is 4.98 Å². The molecular formula is C38H45N7O6S. The van der Waals surface area contributed by atoms with Gasteiger partial charge in [0.1, 0.15) is 12.1 Å². The summed E-state index contributed by atoms with van der Waals surface area (Å²) in [5.74, 6) is -0.959. The number of nitrogens with one attached hydrogen (secondary N) is 2. The molecule has 3 heterocycles. The van der Waals surface area contributed by atoms with Crippen LogP contribution >= 0.6 is 0 Å². The van der Waals surface area contributed by atoms with Crippen molar-refractivity contribution < 1.29 is 27.8 Å².